The number of fused-ring (bicyclic) bond motifs is 2. The van der Waals surface area contributed by atoms with Crippen LogP contribution in [0.25, 0.3) is 22.3 Å². The summed E-state index contributed by atoms with van der Waals surface area (Å²) in [6, 6.07) is 11.5. The number of aryl methyl sites for hydroxylation is 1. The normalized spacial score (nSPS) is 12.6. The van der Waals surface area contributed by atoms with Gasteiger partial charge in [-0.05, 0) is 18.1 Å². The van der Waals surface area contributed by atoms with Crippen LogP contribution >= 0.6 is 11.8 Å². The molecule has 1 aliphatic heterocycles. The Balaban J connectivity index is 1.38. The van der Waals surface area contributed by atoms with Crippen molar-refractivity contribution in [2.24, 2.45) is 7.05 Å². The quantitative estimate of drug-likeness (QED) is 0.356. The maximum Gasteiger partial charge on any atom is 0.261 e. The van der Waals surface area contributed by atoms with Crippen LogP contribution < -0.4 is 15.0 Å². The van der Waals surface area contributed by atoms with E-state index >= 15 is 0 Å². The Morgan fingerprint density at radius 3 is 2.63 bits per heavy atom. The van der Waals surface area contributed by atoms with E-state index in [2.05, 4.69) is 34.2 Å². The predicted molar refractivity (Wildman–Crippen MR) is 112 cm³/mol. The van der Waals surface area contributed by atoms with Crippen molar-refractivity contribution in [3.8, 4) is 22.9 Å². The van der Waals surface area contributed by atoms with E-state index in [1.807, 2.05) is 12.1 Å². The third-order valence-electron chi connectivity index (χ3n) is 4.94. The molecular formula is C21H18N4O4S. The molecule has 0 unspecified atom stereocenters. The molecule has 0 saturated carbocycles. The largest absolute Gasteiger partial charge is 0.454 e. The third kappa shape index (κ3) is 3.30. The lowest BCUT2D eigenvalue weighted by Crippen LogP contribution is -2.20. The summed E-state index contributed by atoms with van der Waals surface area (Å²) in [6.07, 6.45) is 0.980. The highest BCUT2D eigenvalue weighted by molar-refractivity contribution is 7.98. The molecule has 152 valence electrons. The minimum atomic E-state index is -0.150. The summed E-state index contributed by atoms with van der Waals surface area (Å²) in [7, 11) is 1.69. The molecule has 4 aromatic rings. The number of aromatic nitrogens is 4. The minimum absolute atomic E-state index is 0.147. The van der Waals surface area contributed by atoms with Gasteiger partial charge in [0.15, 0.2) is 16.7 Å². The van der Waals surface area contributed by atoms with Crippen molar-refractivity contribution >= 4 is 22.7 Å². The van der Waals surface area contributed by atoms with E-state index in [9.17, 15) is 4.79 Å². The van der Waals surface area contributed by atoms with Gasteiger partial charge in [0.1, 0.15) is 0 Å². The summed E-state index contributed by atoms with van der Waals surface area (Å²) in [5.74, 6) is 2.56. The molecule has 0 N–H and O–H groups in total. The Morgan fingerprint density at radius 1 is 1.10 bits per heavy atom. The second kappa shape index (κ2) is 7.49. The Hall–Kier alpha value is -3.33. The molecule has 0 aliphatic carbocycles. The number of benzene rings is 2. The van der Waals surface area contributed by atoms with Crippen molar-refractivity contribution in [1.29, 1.82) is 0 Å². The Bertz CT molecular complexity index is 1300. The van der Waals surface area contributed by atoms with Gasteiger partial charge in [-0.3, -0.25) is 9.36 Å². The Morgan fingerprint density at radius 2 is 1.87 bits per heavy atom. The minimum Gasteiger partial charge on any atom is -0.454 e. The van der Waals surface area contributed by atoms with Gasteiger partial charge < -0.3 is 14.0 Å². The number of hydrogen-bond acceptors (Lipinski definition) is 8. The summed E-state index contributed by atoms with van der Waals surface area (Å²) in [6.45, 7) is 2.26. The topological polar surface area (TPSA) is 92.3 Å². The molecule has 30 heavy (non-hydrogen) atoms. The summed E-state index contributed by atoms with van der Waals surface area (Å²) >= 11 is 1.36. The molecular weight excluding hydrogens is 404 g/mol. The molecule has 0 atom stereocenters. The van der Waals surface area contributed by atoms with Crippen LogP contribution in [0.4, 0.5) is 0 Å². The zero-order valence-electron chi connectivity index (χ0n) is 16.4. The van der Waals surface area contributed by atoms with E-state index in [1.165, 1.54) is 21.9 Å². The second-order valence-electron chi connectivity index (χ2n) is 6.83. The molecule has 0 amide bonds. The third-order valence-corrected chi connectivity index (χ3v) is 5.96. The van der Waals surface area contributed by atoms with E-state index < -0.39 is 0 Å². The van der Waals surface area contributed by atoms with Crippen LogP contribution in [0.1, 0.15) is 18.4 Å². The maximum atomic E-state index is 12.8. The number of hydrogen-bond donors (Lipinski definition) is 0. The van der Waals surface area contributed by atoms with Crippen LogP contribution in [0.2, 0.25) is 0 Å². The van der Waals surface area contributed by atoms with Crippen LogP contribution in [-0.2, 0) is 19.2 Å². The average molecular weight is 422 g/mol. The monoisotopic (exact) mass is 422 g/mol. The summed E-state index contributed by atoms with van der Waals surface area (Å²) in [5, 5.41) is 5.11. The van der Waals surface area contributed by atoms with E-state index in [0.29, 0.717) is 45.0 Å². The lowest BCUT2D eigenvalue weighted by Gasteiger charge is -2.08. The molecule has 0 saturated heterocycles. The van der Waals surface area contributed by atoms with Crippen molar-refractivity contribution in [3.05, 3.63) is 58.2 Å². The summed E-state index contributed by atoms with van der Waals surface area (Å²) in [5.41, 5.74) is 2.57. The van der Waals surface area contributed by atoms with Crippen molar-refractivity contribution in [2.75, 3.05) is 6.79 Å². The first kappa shape index (κ1) is 18.7. The van der Waals surface area contributed by atoms with Gasteiger partial charge in [-0.25, -0.2) is 4.98 Å². The molecule has 5 rings (SSSR count). The van der Waals surface area contributed by atoms with Crippen LogP contribution in [0.5, 0.6) is 11.5 Å². The standard InChI is InChI=1S/C21H18N4O4S/c1-3-12-4-6-13(7-5-12)19-23-18(29-24-19)10-30-21-22-15-9-17-16(27-11-28-17)8-14(15)20(26)25(21)2/h4-9H,3,10-11H2,1-2H3. The Labute approximate surface area is 175 Å². The molecule has 2 aromatic carbocycles. The van der Waals surface area contributed by atoms with Crippen LogP contribution in [0, 0.1) is 0 Å². The molecule has 0 radical (unpaired) electrons. The van der Waals surface area contributed by atoms with Crippen LogP contribution in [0.15, 0.2) is 50.9 Å². The number of thioether (sulfide) groups is 1. The van der Waals surface area contributed by atoms with Crippen molar-refractivity contribution < 1.29 is 14.0 Å². The number of nitrogens with zero attached hydrogens (tertiary/aromatic N) is 4. The second-order valence-corrected chi connectivity index (χ2v) is 7.77. The molecule has 0 bridgehead atoms. The van der Waals surface area contributed by atoms with Crippen molar-refractivity contribution in [1.82, 2.24) is 19.7 Å². The maximum absolute atomic E-state index is 12.8. The molecule has 0 fully saturated rings. The summed E-state index contributed by atoms with van der Waals surface area (Å²) < 4.78 is 17.6. The molecule has 3 heterocycles. The van der Waals surface area contributed by atoms with Gasteiger partial charge in [0.25, 0.3) is 5.56 Å². The van der Waals surface area contributed by atoms with Gasteiger partial charge in [0.2, 0.25) is 18.5 Å². The fourth-order valence-corrected chi connectivity index (χ4v) is 4.03. The zero-order chi connectivity index (χ0) is 20.7. The fraction of sp³-hybridized carbons (Fsp3) is 0.238. The van der Waals surface area contributed by atoms with Crippen LogP contribution in [-0.4, -0.2) is 26.5 Å². The fourth-order valence-electron chi connectivity index (χ4n) is 3.22. The SMILES string of the molecule is CCc1ccc(-c2noc(CSc3nc4cc5c(cc4c(=O)n3C)OCO5)n2)cc1. The highest BCUT2D eigenvalue weighted by atomic mass is 32.2. The van der Waals surface area contributed by atoms with Gasteiger partial charge in [0, 0.05) is 18.7 Å². The predicted octanol–water partition coefficient (Wildman–Crippen LogP) is 3.57. The molecule has 0 spiro atoms. The summed E-state index contributed by atoms with van der Waals surface area (Å²) in [4.78, 5) is 21.8. The van der Waals surface area contributed by atoms with Gasteiger partial charge in [-0.2, -0.15) is 4.98 Å². The molecule has 1 aliphatic rings. The zero-order valence-corrected chi connectivity index (χ0v) is 17.2. The first-order valence-electron chi connectivity index (χ1n) is 9.47. The molecule has 8 nitrogen and oxygen atoms in total. The first-order valence-corrected chi connectivity index (χ1v) is 10.5. The van der Waals surface area contributed by atoms with Crippen LogP contribution in [0.3, 0.4) is 0 Å². The molecule has 9 heteroatoms. The van der Waals surface area contributed by atoms with Gasteiger partial charge >= 0.3 is 0 Å². The van der Waals surface area contributed by atoms with E-state index in [4.69, 9.17) is 14.0 Å². The van der Waals surface area contributed by atoms with E-state index in [0.717, 1.165) is 12.0 Å². The number of rotatable bonds is 5. The highest BCUT2D eigenvalue weighted by Crippen LogP contribution is 2.35. The van der Waals surface area contributed by atoms with E-state index in [-0.39, 0.29) is 12.4 Å². The van der Waals surface area contributed by atoms with Gasteiger partial charge in [-0.15, -0.1) is 0 Å². The first-order chi connectivity index (χ1) is 14.6. The van der Waals surface area contributed by atoms with Gasteiger partial charge in [-0.1, -0.05) is 48.1 Å². The lowest BCUT2D eigenvalue weighted by atomic mass is 10.1. The van der Waals surface area contributed by atoms with E-state index in [1.54, 1.807) is 19.2 Å². The smallest absolute Gasteiger partial charge is 0.261 e. The lowest BCUT2D eigenvalue weighted by molar-refractivity contribution is 0.174. The van der Waals surface area contributed by atoms with Gasteiger partial charge in [0.05, 0.1) is 16.7 Å². The number of ether oxygens (including phenoxy) is 2. The van der Waals surface area contributed by atoms with Crippen molar-refractivity contribution in [2.45, 2.75) is 24.3 Å². The molecule has 2 aromatic heterocycles. The Kier molecular flexibility index (Phi) is 4.66. The highest BCUT2D eigenvalue weighted by Gasteiger charge is 2.18. The van der Waals surface area contributed by atoms with Crippen molar-refractivity contribution in [3.63, 3.8) is 0 Å². The average Bonchev–Trinajstić information content (AvgIpc) is 3.43.